The number of nitrogens with zero attached hydrogens (tertiary/aromatic N) is 5. The van der Waals surface area contributed by atoms with Crippen LogP contribution in [-0.4, -0.2) is 24.1 Å². The highest BCUT2D eigenvalue weighted by Gasteiger charge is 2.19. The van der Waals surface area contributed by atoms with E-state index in [1.165, 1.54) is 27.1 Å². The summed E-state index contributed by atoms with van der Waals surface area (Å²) in [6, 6.07) is 55.8. The van der Waals surface area contributed by atoms with E-state index in [0.29, 0.717) is 0 Å². The van der Waals surface area contributed by atoms with E-state index in [-0.39, 0.29) is 0 Å². The molecule has 0 saturated heterocycles. The first-order chi connectivity index (χ1) is 28.7. The number of benzene rings is 6. The third kappa shape index (κ3) is 4.41. The minimum absolute atomic E-state index is 0.732. The second-order valence-corrected chi connectivity index (χ2v) is 14.8. The summed E-state index contributed by atoms with van der Waals surface area (Å²) in [6.45, 7) is 0. The minimum Gasteiger partial charge on any atom is -0.454 e. The Morgan fingerprint density at radius 1 is 0.345 bits per heavy atom. The number of aromatic nitrogens is 5. The van der Waals surface area contributed by atoms with Crippen LogP contribution in [0.1, 0.15) is 0 Å². The lowest BCUT2D eigenvalue weighted by atomic mass is 10.0. The second kappa shape index (κ2) is 11.7. The summed E-state index contributed by atoms with van der Waals surface area (Å²) in [7, 11) is 0. The molecule has 0 aliphatic heterocycles. The molecule has 0 unspecified atom stereocenters. The fourth-order valence-electron chi connectivity index (χ4n) is 9.11. The fourth-order valence-corrected chi connectivity index (χ4v) is 9.11. The van der Waals surface area contributed by atoms with Crippen LogP contribution in [0, 0.1) is 0 Å². The Labute approximate surface area is 329 Å². The Morgan fingerprint density at radius 3 is 1.69 bits per heavy atom. The summed E-state index contributed by atoms with van der Waals surface area (Å²) < 4.78 is 17.2. The van der Waals surface area contributed by atoms with Crippen molar-refractivity contribution in [1.29, 1.82) is 0 Å². The maximum absolute atomic E-state index is 6.33. The molecule has 7 aromatic heterocycles. The van der Waals surface area contributed by atoms with Gasteiger partial charge in [0, 0.05) is 62.5 Å². The number of hydrogen-bond acceptors (Lipinski definition) is 5. The molecule has 0 atom stereocenters. The van der Waals surface area contributed by atoms with E-state index in [0.717, 1.165) is 94.4 Å². The van der Waals surface area contributed by atoms with Crippen molar-refractivity contribution in [3.05, 3.63) is 176 Å². The molecule has 0 aliphatic carbocycles. The molecule has 0 radical (unpaired) electrons. The Bertz CT molecular complexity index is 3830. The Balaban J connectivity index is 0.952. The molecule has 0 bridgehead atoms. The van der Waals surface area contributed by atoms with Gasteiger partial charge in [0.05, 0.1) is 22.1 Å². The van der Waals surface area contributed by atoms with Crippen LogP contribution in [0.25, 0.3) is 122 Å². The topological polar surface area (TPSA) is 74.8 Å². The zero-order valence-electron chi connectivity index (χ0n) is 30.8. The van der Waals surface area contributed by atoms with Gasteiger partial charge in [-0.05, 0) is 114 Å². The van der Waals surface area contributed by atoms with Gasteiger partial charge in [0.15, 0.2) is 16.7 Å². The summed E-state index contributed by atoms with van der Waals surface area (Å²) in [6.07, 6.45) is 5.44. The lowest BCUT2D eigenvalue weighted by Gasteiger charge is -2.11. The van der Waals surface area contributed by atoms with Crippen molar-refractivity contribution in [2.75, 3.05) is 0 Å². The van der Waals surface area contributed by atoms with E-state index >= 15 is 0 Å². The van der Waals surface area contributed by atoms with Gasteiger partial charge in [0.1, 0.15) is 22.1 Å². The van der Waals surface area contributed by atoms with Gasteiger partial charge in [0.2, 0.25) is 0 Å². The highest BCUT2D eigenvalue weighted by Crippen LogP contribution is 2.40. The predicted molar refractivity (Wildman–Crippen MR) is 234 cm³/mol. The highest BCUT2D eigenvalue weighted by molar-refractivity contribution is 6.13. The quantitative estimate of drug-likeness (QED) is 0.179. The van der Waals surface area contributed by atoms with Gasteiger partial charge < -0.3 is 18.0 Å². The van der Waals surface area contributed by atoms with Gasteiger partial charge >= 0.3 is 0 Å². The molecule has 0 saturated carbocycles. The van der Waals surface area contributed by atoms with Crippen molar-refractivity contribution in [2.45, 2.75) is 0 Å². The van der Waals surface area contributed by atoms with Gasteiger partial charge in [0.25, 0.3) is 0 Å². The number of furan rings is 2. The molecule has 7 nitrogen and oxygen atoms in total. The van der Waals surface area contributed by atoms with Crippen molar-refractivity contribution < 1.29 is 8.83 Å². The average Bonchev–Trinajstić information content (AvgIpc) is 4.03. The van der Waals surface area contributed by atoms with Crippen molar-refractivity contribution >= 4 is 87.9 Å². The summed E-state index contributed by atoms with van der Waals surface area (Å²) >= 11 is 0. The Kier molecular flexibility index (Phi) is 6.32. The van der Waals surface area contributed by atoms with Gasteiger partial charge in [-0.2, -0.15) is 0 Å². The first-order valence-corrected chi connectivity index (χ1v) is 19.3. The van der Waals surface area contributed by atoms with Crippen LogP contribution < -0.4 is 0 Å². The first kappa shape index (κ1) is 31.2. The van der Waals surface area contributed by atoms with Crippen LogP contribution >= 0.6 is 0 Å². The summed E-state index contributed by atoms with van der Waals surface area (Å²) in [5.41, 5.74) is 16.6. The average molecular weight is 744 g/mol. The molecule has 13 rings (SSSR count). The largest absolute Gasteiger partial charge is 0.454 e. The van der Waals surface area contributed by atoms with E-state index in [1.54, 1.807) is 6.20 Å². The molecule has 7 heterocycles. The molecular weight excluding hydrogens is 715 g/mol. The van der Waals surface area contributed by atoms with Crippen LogP contribution in [0.4, 0.5) is 0 Å². The van der Waals surface area contributed by atoms with Crippen molar-refractivity contribution in [2.24, 2.45) is 0 Å². The molecule has 0 aliphatic rings. The molecule has 0 spiro atoms. The number of hydrogen-bond donors (Lipinski definition) is 0. The summed E-state index contributed by atoms with van der Waals surface area (Å²) in [5.74, 6) is 0. The van der Waals surface area contributed by atoms with Gasteiger partial charge in [-0.3, -0.25) is 15.0 Å². The lowest BCUT2D eigenvalue weighted by Crippen LogP contribution is -1.94. The van der Waals surface area contributed by atoms with Crippen LogP contribution in [-0.2, 0) is 0 Å². The summed E-state index contributed by atoms with van der Waals surface area (Å²) in [4.78, 5) is 13.8. The monoisotopic (exact) mass is 743 g/mol. The summed E-state index contributed by atoms with van der Waals surface area (Å²) in [5, 5.41) is 5.82. The lowest BCUT2D eigenvalue weighted by molar-refractivity contribution is 0.668. The minimum atomic E-state index is 0.732. The SMILES string of the molecule is c1cc(-c2ccnc3c2oc2cccnc23)cc(-n2c3ccccc3c3cc(-c4ccc5c(c4)c4ccccc4n5-c4ccc5oc6cccnc6c5c4)ccc32)c1. The van der Waals surface area contributed by atoms with Gasteiger partial charge in [-0.1, -0.05) is 60.7 Å². The second-order valence-electron chi connectivity index (χ2n) is 14.8. The van der Waals surface area contributed by atoms with Crippen LogP contribution in [0.2, 0.25) is 0 Å². The van der Waals surface area contributed by atoms with Crippen LogP contribution in [0.3, 0.4) is 0 Å². The van der Waals surface area contributed by atoms with E-state index in [4.69, 9.17) is 8.83 Å². The van der Waals surface area contributed by atoms with E-state index in [1.807, 2.05) is 42.7 Å². The van der Waals surface area contributed by atoms with Crippen molar-refractivity contribution in [3.8, 4) is 33.6 Å². The van der Waals surface area contributed by atoms with Crippen molar-refractivity contribution in [3.63, 3.8) is 0 Å². The number of para-hydroxylation sites is 2. The molecule has 58 heavy (non-hydrogen) atoms. The fraction of sp³-hybridized carbons (Fsp3) is 0. The van der Waals surface area contributed by atoms with Gasteiger partial charge in [-0.15, -0.1) is 0 Å². The number of pyridine rings is 3. The molecule has 270 valence electrons. The smallest absolute Gasteiger partial charge is 0.163 e. The molecule has 7 heteroatoms. The highest BCUT2D eigenvalue weighted by atomic mass is 16.3. The molecule has 0 N–H and O–H groups in total. The molecular formula is C51H29N5O2. The first-order valence-electron chi connectivity index (χ1n) is 19.3. The maximum Gasteiger partial charge on any atom is 0.163 e. The van der Waals surface area contributed by atoms with Crippen molar-refractivity contribution in [1.82, 2.24) is 24.1 Å². The van der Waals surface area contributed by atoms with Crippen LogP contribution in [0.5, 0.6) is 0 Å². The Hall–Kier alpha value is -8.03. The zero-order chi connectivity index (χ0) is 37.9. The normalized spacial score (nSPS) is 12.1. The predicted octanol–water partition coefficient (Wildman–Crippen LogP) is 13.2. The van der Waals surface area contributed by atoms with E-state index in [2.05, 4.69) is 151 Å². The number of fused-ring (bicyclic) bond motifs is 12. The number of rotatable bonds is 4. The van der Waals surface area contributed by atoms with Crippen LogP contribution in [0.15, 0.2) is 185 Å². The molecule has 0 fully saturated rings. The third-order valence-electron chi connectivity index (χ3n) is 11.7. The Morgan fingerprint density at radius 2 is 0.966 bits per heavy atom. The molecule has 6 aromatic carbocycles. The van der Waals surface area contributed by atoms with Gasteiger partial charge in [-0.25, -0.2) is 0 Å². The zero-order valence-corrected chi connectivity index (χ0v) is 30.8. The van der Waals surface area contributed by atoms with E-state index < -0.39 is 0 Å². The maximum atomic E-state index is 6.33. The standard InChI is InChI=1S/C51H29N5O2/c1-3-12-41-36(10-1)38-27-30(16-19-43(38)55(41)33-9-5-8-32(26-33)35-22-25-54-50-49-47(58-51(35)50)15-7-24-53-49)31-17-20-44-39(28-31)37-11-2-4-13-42(37)56(44)34-18-21-45-40(29-34)48-46(57-45)14-6-23-52-48/h1-29H. The third-order valence-corrected chi connectivity index (χ3v) is 11.7. The van der Waals surface area contributed by atoms with E-state index in [9.17, 15) is 0 Å². The molecule has 0 amide bonds. The molecule has 13 aromatic rings.